The number of imidazole rings is 1. The molecule has 1 aromatic carbocycles. The summed E-state index contributed by atoms with van der Waals surface area (Å²) in [5, 5.41) is 6.50. The molecule has 4 heterocycles. The Labute approximate surface area is 239 Å². The Balaban J connectivity index is 1.49. The van der Waals surface area contributed by atoms with Crippen molar-refractivity contribution in [3.63, 3.8) is 0 Å². The summed E-state index contributed by atoms with van der Waals surface area (Å²) in [5.41, 5.74) is 14.3. The van der Waals surface area contributed by atoms with E-state index >= 15 is 0 Å². The lowest BCUT2D eigenvalue weighted by molar-refractivity contribution is -0.223. The molecule has 2 saturated heterocycles. The van der Waals surface area contributed by atoms with Gasteiger partial charge in [-0.3, -0.25) is 13.9 Å². The fourth-order valence-electron chi connectivity index (χ4n) is 4.71. The number of nitrogen functional groups attached to an aromatic ring is 1. The van der Waals surface area contributed by atoms with Crippen LogP contribution in [0.1, 0.15) is 33.9 Å². The van der Waals surface area contributed by atoms with Crippen molar-refractivity contribution in [3.8, 4) is 5.75 Å². The Kier molecular flexibility index (Phi) is 8.09. The Hall–Kier alpha value is -3.82. The number of nitrogens with one attached hydrogen (secondary N) is 1. The van der Waals surface area contributed by atoms with Crippen molar-refractivity contribution in [2.75, 3.05) is 18.9 Å². The predicted octanol–water partition coefficient (Wildman–Crippen LogP) is 3.21. The van der Waals surface area contributed by atoms with Crippen molar-refractivity contribution in [1.29, 1.82) is 0 Å². The van der Waals surface area contributed by atoms with Crippen LogP contribution in [0.5, 0.6) is 5.75 Å². The van der Waals surface area contributed by atoms with Crippen molar-refractivity contribution in [3.05, 3.63) is 53.4 Å². The summed E-state index contributed by atoms with van der Waals surface area (Å²) < 4.78 is 50.8. The molecule has 2 aliphatic rings. The molecule has 2 aliphatic heterocycles. The standard InChI is InChI=1S/C24H30N9O8P/c1-5-36-22(34)14(2)30-42(35,41-15-9-7-6-8-10-15)37-11-24(31-32-26)18-17(38-23(3,4)39-18)21(40-24)33-13-29-16-19(25)27-12-28-20(16)33/h6-10,12-14,17-18,21H,5,11H2,1-4H3,(H,30,35)(H2,25,27,28)/t14-,17+,18-,21+,24+,42?/m0/s1. The third-order valence-electron chi connectivity index (χ3n) is 6.46. The Morgan fingerprint density at radius 1 is 1.26 bits per heavy atom. The summed E-state index contributed by atoms with van der Waals surface area (Å²) in [6.45, 7) is 5.93. The lowest BCUT2D eigenvalue weighted by Gasteiger charge is -2.32. The topological polar surface area (TPSA) is 220 Å². The Bertz CT molecular complexity index is 1550. The number of hydrogen-bond donors (Lipinski definition) is 2. The van der Waals surface area contributed by atoms with Gasteiger partial charge in [0.1, 0.15) is 35.8 Å². The molecule has 17 nitrogen and oxygen atoms in total. The summed E-state index contributed by atoms with van der Waals surface area (Å²) in [6.07, 6.45) is -0.187. The van der Waals surface area contributed by atoms with Gasteiger partial charge < -0.3 is 29.2 Å². The zero-order valence-corrected chi connectivity index (χ0v) is 24.1. The lowest BCUT2D eigenvalue weighted by Crippen LogP contribution is -2.46. The second-order valence-corrected chi connectivity index (χ2v) is 11.6. The SMILES string of the molecule is CCOC(=O)[C@H](C)NP(=O)(OC[C@@]1(N=[N+]=[N-])O[C@@H](n2cnc3c(N)ncnc32)[C@@H]2OC(C)(C)O[C@@H]21)Oc1ccccc1. The van der Waals surface area contributed by atoms with Gasteiger partial charge in [0.2, 0.25) is 5.72 Å². The number of azide groups is 1. The fraction of sp³-hybridized carbons (Fsp3) is 0.500. The molecule has 0 aliphatic carbocycles. The van der Waals surface area contributed by atoms with Crippen molar-refractivity contribution < 1.29 is 37.4 Å². The van der Waals surface area contributed by atoms with Crippen LogP contribution < -0.4 is 15.3 Å². The second kappa shape index (κ2) is 11.5. The van der Waals surface area contributed by atoms with Crippen LogP contribution in [0.2, 0.25) is 0 Å². The van der Waals surface area contributed by atoms with E-state index in [9.17, 15) is 14.9 Å². The average Bonchev–Trinajstić information content (AvgIpc) is 3.60. The van der Waals surface area contributed by atoms with Gasteiger partial charge in [0.25, 0.3) is 0 Å². The maximum absolute atomic E-state index is 14.1. The van der Waals surface area contributed by atoms with Crippen LogP contribution in [-0.2, 0) is 32.8 Å². The summed E-state index contributed by atoms with van der Waals surface area (Å²) in [4.78, 5) is 27.8. The highest BCUT2D eigenvalue weighted by Crippen LogP contribution is 2.52. The number of fused-ring (bicyclic) bond motifs is 2. The minimum absolute atomic E-state index is 0.112. The Morgan fingerprint density at radius 3 is 2.74 bits per heavy atom. The van der Waals surface area contributed by atoms with E-state index in [1.807, 2.05) is 0 Å². The van der Waals surface area contributed by atoms with Gasteiger partial charge in [0, 0.05) is 4.91 Å². The highest BCUT2D eigenvalue weighted by molar-refractivity contribution is 7.52. The third kappa shape index (κ3) is 5.76. The fourth-order valence-corrected chi connectivity index (χ4v) is 6.22. The molecule has 0 radical (unpaired) electrons. The summed E-state index contributed by atoms with van der Waals surface area (Å²) in [6, 6.07) is 7.11. The first-order valence-corrected chi connectivity index (χ1v) is 14.5. The van der Waals surface area contributed by atoms with E-state index in [0.717, 1.165) is 0 Å². The molecule has 224 valence electrons. The van der Waals surface area contributed by atoms with Gasteiger partial charge >= 0.3 is 13.7 Å². The number of carbonyl (C=O) groups excluding carboxylic acids is 1. The highest BCUT2D eigenvalue weighted by Gasteiger charge is 2.64. The molecule has 2 aromatic heterocycles. The molecule has 3 N–H and O–H groups in total. The number of carbonyl (C=O) groups is 1. The number of hydrogen-bond acceptors (Lipinski definition) is 13. The minimum Gasteiger partial charge on any atom is -0.465 e. The van der Waals surface area contributed by atoms with Crippen LogP contribution in [0, 0.1) is 0 Å². The predicted molar refractivity (Wildman–Crippen MR) is 145 cm³/mol. The van der Waals surface area contributed by atoms with Gasteiger partial charge in [-0.15, -0.1) is 0 Å². The smallest absolute Gasteiger partial charge is 0.459 e. The molecule has 18 heteroatoms. The highest BCUT2D eigenvalue weighted by atomic mass is 31.2. The minimum atomic E-state index is -4.35. The third-order valence-corrected chi connectivity index (χ3v) is 8.08. The van der Waals surface area contributed by atoms with Gasteiger partial charge in [0.05, 0.1) is 19.5 Å². The maximum Gasteiger partial charge on any atom is 0.459 e. The zero-order chi connectivity index (χ0) is 30.1. The summed E-state index contributed by atoms with van der Waals surface area (Å²) in [7, 11) is -4.35. The molecular formula is C24H30N9O8P. The van der Waals surface area contributed by atoms with Crippen LogP contribution in [0.15, 0.2) is 48.1 Å². The largest absolute Gasteiger partial charge is 0.465 e. The van der Waals surface area contributed by atoms with Gasteiger partial charge in [-0.1, -0.05) is 23.3 Å². The van der Waals surface area contributed by atoms with Crippen molar-refractivity contribution >= 4 is 30.7 Å². The molecule has 5 rings (SSSR count). The normalized spacial score (nSPS) is 26.6. The quantitative estimate of drug-likeness (QED) is 0.106. The van der Waals surface area contributed by atoms with Gasteiger partial charge in [0.15, 0.2) is 23.5 Å². The summed E-state index contributed by atoms with van der Waals surface area (Å²) in [5.74, 6) is -1.46. The first-order chi connectivity index (χ1) is 20.0. The van der Waals surface area contributed by atoms with Crippen LogP contribution in [-0.4, -0.2) is 68.5 Å². The van der Waals surface area contributed by atoms with Crippen molar-refractivity contribution in [2.24, 2.45) is 5.11 Å². The van der Waals surface area contributed by atoms with Crippen LogP contribution in [0.4, 0.5) is 5.82 Å². The Morgan fingerprint density at radius 2 is 2.02 bits per heavy atom. The van der Waals surface area contributed by atoms with Crippen molar-refractivity contribution in [2.45, 2.75) is 63.7 Å². The van der Waals surface area contributed by atoms with Crippen LogP contribution >= 0.6 is 7.75 Å². The number of para-hydroxylation sites is 1. The lowest BCUT2D eigenvalue weighted by atomic mass is 10.1. The molecule has 0 amide bonds. The molecule has 0 saturated carbocycles. The average molecular weight is 604 g/mol. The van der Waals surface area contributed by atoms with Gasteiger partial charge in [-0.05, 0) is 45.4 Å². The maximum atomic E-state index is 14.1. The van der Waals surface area contributed by atoms with Crippen molar-refractivity contribution in [1.82, 2.24) is 24.6 Å². The zero-order valence-electron chi connectivity index (χ0n) is 23.2. The molecule has 0 bridgehead atoms. The van der Waals surface area contributed by atoms with E-state index in [0.29, 0.717) is 11.2 Å². The number of anilines is 1. The van der Waals surface area contributed by atoms with E-state index in [4.69, 9.17) is 33.7 Å². The molecular weight excluding hydrogens is 573 g/mol. The molecule has 3 aromatic rings. The van der Waals surface area contributed by atoms with E-state index < -0.39 is 56.3 Å². The monoisotopic (exact) mass is 603 g/mol. The number of benzene rings is 1. The molecule has 1 unspecified atom stereocenters. The van der Waals surface area contributed by atoms with E-state index in [-0.39, 0.29) is 18.2 Å². The van der Waals surface area contributed by atoms with E-state index in [1.54, 1.807) is 55.7 Å². The number of esters is 1. The van der Waals surface area contributed by atoms with Gasteiger partial charge in [-0.2, -0.15) is 5.09 Å². The molecule has 2 fully saturated rings. The summed E-state index contributed by atoms with van der Waals surface area (Å²) >= 11 is 0. The number of rotatable bonds is 11. The van der Waals surface area contributed by atoms with E-state index in [2.05, 4.69) is 30.1 Å². The number of nitrogens with two attached hydrogens (primary N) is 1. The van der Waals surface area contributed by atoms with Crippen LogP contribution in [0.3, 0.4) is 0 Å². The molecule has 0 spiro atoms. The van der Waals surface area contributed by atoms with Crippen LogP contribution in [0.25, 0.3) is 21.6 Å². The van der Waals surface area contributed by atoms with Gasteiger partial charge in [-0.25, -0.2) is 19.5 Å². The first kappa shape index (κ1) is 29.7. The molecule has 6 atom stereocenters. The number of aromatic nitrogens is 4. The first-order valence-electron chi connectivity index (χ1n) is 13.0. The number of nitrogens with zero attached hydrogens (tertiary/aromatic N) is 7. The second-order valence-electron chi connectivity index (χ2n) is 9.92. The number of ether oxygens (including phenoxy) is 4. The van der Waals surface area contributed by atoms with E-state index in [1.165, 1.54) is 19.6 Å². The molecule has 42 heavy (non-hydrogen) atoms.